The summed E-state index contributed by atoms with van der Waals surface area (Å²) in [5, 5.41) is 9.70. The first-order chi connectivity index (χ1) is 40.6. The molecule has 0 aromatic carbocycles. The Morgan fingerprint density at radius 2 is 0.663 bits per heavy atom. The predicted molar refractivity (Wildman–Crippen MR) is 354 cm³/mol. The molecule has 460 valence electrons. The minimum atomic E-state index is -1.54. The Hall–Kier alpha value is -6.13. The third-order valence-electron chi connectivity index (χ3n) is 12.0. The molecule has 9 nitrogen and oxygen atoms in total. The van der Waals surface area contributed by atoms with E-state index >= 15 is 0 Å². The van der Waals surface area contributed by atoms with E-state index in [9.17, 15) is 19.5 Å². The number of hydrogen-bond donors (Lipinski definition) is 1. The van der Waals surface area contributed by atoms with Crippen molar-refractivity contribution in [3.05, 3.63) is 207 Å². The number of esters is 2. The largest absolute Gasteiger partial charge is 0.477 e. The van der Waals surface area contributed by atoms with Crippen LogP contribution in [0.5, 0.6) is 0 Å². The highest BCUT2D eigenvalue weighted by atomic mass is 16.7. The fraction of sp³-hybridized carbons (Fsp3) is 0.500. The van der Waals surface area contributed by atoms with Gasteiger partial charge in [-0.3, -0.25) is 9.59 Å². The van der Waals surface area contributed by atoms with Gasteiger partial charge in [0.1, 0.15) is 13.2 Å². The molecule has 0 aromatic heterocycles. The third-order valence-corrected chi connectivity index (χ3v) is 12.0. The van der Waals surface area contributed by atoms with Crippen LogP contribution in [0.2, 0.25) is 0 Å². The third kappa shape index (κ3) is 63.3. The van der Waals surface area contributed by atoms with Crippen LogP contribution in [-0.4, -0.2) is 87.4 Å². The summed E-state index contributed by atoms with van der Waals surface area (Å²) in [7, 11) is 5.92. The lowest BCUT2D eigenvalue weighted by Crippen LogP contribution is -2.40. The summed E-state index contributed by atoms with van der Waals surface area (Å²) in [5.41, 5.74) is 0. The van der Waals surface area contributed by atoms with Gasteiger partial charge in [-0.15, -0.1) is 0 Å². The number of unbranched alkanes of at least 4 members (excludes halogenated alkanes) is 5. The molecule has 0 amide bonds. The maximum atomic E-state index is 12.9. The van der Waals surface area contributed by atoms with E-state index < -0.39 is 30.3 Å². The summed E-state index contributed by atoms with van der Waals surface area (Å²) in [6, 6.07) is 0. The molecule has 0 spiro atoms. The summed E-state index contributed by atoms with van der Waals surface area (Å²) in [5.74, 6) is -2.15. The fourth-order valence-electron chi connectivity index (χ4n) is 7.32. The number of quaternary nitrogens is 1. The van der Waals surface area contributed by atoms with Crippen molar-refractivity contribution in [1.29, 1.82) is 0 Å². The van der Waals surface area contributed by atoms with Gasteiger partial charge in [-0.25, -0.2) is 4.79 Å². The first-order valence-electron chi connectivity index (χ1n) is 31.2. The summed E-state index contributed by atoms with van der Waals surface area (Å²) in [6.07, 6.45) is 95.1. The Morgan fingerprint density at radius 3 is 0.988 bits per heavy atom. The molecule has 0 aromatic rings. The number of carbonyl (C=O) groups excluding carboxylic acids is 2. The van der Waals surface area contributed by atoms with Crippen molar-refractivity contribution in [2.24, 2.45) is 0 Å². The number of carboxylic acids is 1. The average molecular weight is 1140 g/mol. The highest BCUT2D eigenvalue weighted by Crippen LogP contribution is 2.11. The lowest BCUT2D eigenvalue weighted by Gasteiger charge is -2.25. The molecule has 0 rings (SSSR count). The standard InChI is InChI=1S/C74H111NO8/c1-6-8-10-12-14-16-18-20-22-24-25-26-27-28-29-30-31-32-33-34-35-36-37-38-39-40-41-42-43-44-45-46-47-49-51-53-55-57-59-61-63-65-72(77)83-70(69-82-74(73(78)79)80-67-66-75(3,4)5)68-81-71(76)64-62-60-58-56-54-52-50-48-23-21-19-17-15-13-11-9-7-2/h8-11,14-17,20-23,25-26,28-29,31-32,34-35,37-38,40-41,43-44,46-47,50-53,56,58,70,74H,6-7,12-13,18-19,24,27,30,33,36,39,42,45,48-49,54-55,57,59-69H2,1-5H3/p+1/b10-8-,11-9-,16-14-,17-15-,22-20-,23-21-,26-25-,29-28-,32-31-,35-34-,38-37-,41-40-,44-43-,47-46-,52-50-,53-51-,58-56-. The van der Waals surface area contributed by atoms with Crippen LogP contribution in [0, 0.1) is 0 Å². The van der Waals surface area contributed by atoms with Crippen molar-refractivity contribution in [3.63, 3.8) is 0 Å². The quantitative estimate of drug-likeness (QED) is 0.0211. The van der Waals surface area contributed by atoms with E-state index in [1.807, 2.05) is 21.1 Å². The Morgan fingerprint density at radius 1 is 0.361 bits per heavy atom. The van der Waals surface area contributed by atoms with Crippen LogP contribution in [0.25, 0.3) is 0 Å². The Labute approximate surface area is 505 Å². The van der Waals surface area contributed by atoms with E-state index in [0.29, 0.717) is 23.9 Å². The van der Waals surface area contributed by atoms with Gasteiger partial charge >= 0.3 is 17.9 Å². The Kier molecular flexibility index (Phi) is 57.4. The van der Waals surface area contributed by atoms with Crippen molar-refractivity contribution < 1.29 is 42.9 Å². The zero-order chi connectivity index (χ0) is 60.5. The van der Waals surface area contributed by atoms with Gasteiger partial charge in [-0.2, -0.15) is 0 Å². The van der Waals surface area contributed by atoms with E-state index in [1.165, 1.54) is 0 Å². The summed E-state index contributed by atoms with van der Waals surface area (Å²) >= 11 is 0. The molecule has 0 bridgehead atoms. The summed E-state index contributed by atoms with van der Waals surface area (Å²) in [6.45, 7) is 4.50. The molecule has 9 heteroatoms. The van der Waals surface area contributed by atoms with Crippen LogP contribution < -0.4 is 0 Å². The number of carboxylic acid groups (broad SMARTS) is 1. The Bertz CT molecular complexity index is 2110. The SMILES string of the molecule is CC/C=C\C/C=C\C/C=C\C/C=C\C/C=C\C/C=C\C/C=C\C/C=C\C/C=C\C/C=C\C/C=C\C/C=C\CCCCCCC(=O)OC(COC(=O)CCC/C=C\C/C=C\C/C=C\C/C=C\C/C=C\CC)COC(OCC[N+](C)(C)C)C(=O)O. The first kappa shape index (κ1) is 76.9. The molecule has 2 unspecified atom stereocenters. The monoisotopic (exact) mass is 1140 g/mol. The molecule has 0 heterocycles. The number of carbonyl (C=O) groups is 3. The number of hydrogen-bond acceptors (Lipinski definition) is 7. The van der Waals surface area contributed by atoms with Crippen LogP contribution in [-0.2, 0) is 33.3 Å². The molecule has 0 saturated carbocycles. The fourth-order valence-corrected chi connectivity index (χ4v) is 7.32. The molecule has 83 heavy (non-hydrogen) atoms. The average Bonchev–Trinajstić information content (AvgIpc) is 3.46. The van der Waals surface area contributed by atoms with E-state index in [4.69, 9.17) is 18.9 Å². The topological polar surface area (TPSA) is 108 Å². The van der Waals surface area contributed by atoms with Gasteiger partial charge in [0.05, 0.1) is 34.4 Å². The highest BCUT2D eigenvalue weighted by molar-refractivity contribution is 5.71. The van der Waals surface area contributed by atoms with Gasteiger partial charge < -0.3 is 28.5 Å². The molecular weight excluding hydrogens is 1030 g/mol. The number of nitrogens with zero attached hydrogens (tertiary/aromatic N) is 1. The van der Waals surface area contributed by atoms with Crippen molar-refractivity contribution in [1.82, 2.24) is 0 Å². The van der Waals surface area contributed by atoms with Crippen molar-refractivity contribution >= 4 is 17.9 Å². The molecule has 0 radical (unpaired) electrons. The van der Waals surface area contributed by atoms with Gasteiger partial charge in [0, 0.05) is 12.8 Å². The van der Waals surface area contributed by atoms with Gasteiger partial charge in [0.15, 0.2) is 6.10 Å². The highest BCUT2D eigenvalue weighted by Gasteiger charge is 2.25. The number of aliphatic carboxylic acids is 1. The number of likely N-dealkylation sites (N-methyl/N-ethyl adjacent to an activating group) is 1. The minimum Gasteiger partial charge on any atom is -0.477 e. The molecule has 0 aliphatic rings. The van der Waals surface area contributed by atoms with Gasteiger partial charge in [0.2, 0.25) is 0 Å². The zero-order valence-corrected chi connectivity index (χ0v) is 52.2. The van der Waals surface area contributed by atoms with Crippen molar-refractivity contribution in [2.45, 2.75) is 193 Å². The molecule has 0 saturated heterocycles. The van der Waals surface area contributed by atoms with E-state index in [2.05, 4.69) is 220 Å². The van der Waals surface area contributed by atoms with E-state index in [0.717, 1.165) is 141 Å². The van der Waals surface area contributed by atoms with E-state index in [1.54, 1.807) is 0 Å². The second-order valence-corrected chi connectivity index (χ2v) is 20.9. The molecule has 0 fully saturated rings. The van der Waals surface area contributed by atoms with Crippen LogP contribution in [0.1, 0.15) is 181 Å². The maximum Gasteiger partial charge on any atom is 0.361 e. The molecular formula is C74H112NO8+. The smallest absolute Gasteiger partial charge is 0.361 e. The molecule has 2 atom stereocenters. The first-order valence-corrected chi connectivity index (χ1v) is 31.2. The molecule has 0 aliphatic heterocycles. The second kappa shape index (κ2) is 61.9. The van der Waals surface area contributed by atoms with Crippen LogP contribution in [0.3, 0.4) is 0 Å². The molecule has 0 aliphatic carbocycles. The maximum absolute atomic E-state index is 12.9. The van der Waals surface area contributed by atoms with Gasteiger partial charge in [-0.1, -0.05) is 233 Å². The van der Waals surface area contributed by atoms with Crippen LogP contribution in [0.15, 0.2) is 207 Å². The normalized spacial score (nSPS) is 14.2. The predicted octanol–water partition coefficient (Wildman–Crippen LogP) is 19.2. The number of rotatable bonds is 54. The number of allylic oxidation sites excluding steroid dienone is 34. The molecule has 1 N–H and O–H groups in total. The summed E-state index contributed by atoms with van der Waals surface area (Å²) in [4.78, 5) is 37.4. The lowest BCUT2D eigenvalue weighted by atomic mass is 10.1. The Balaban J connectivity index is 4.32. The minimum absolute atomic E-state index is 0.161. The van der Waals surface area contributed by atoms with Crippen molar-refractivity contribution in [3.8, 4) is 0 Å². The lowest BCUT2D eigenvalue weighted by molar-refractivity contribution is -0.870. The second-order valence-electron chi connectivity index (χ2n) is 20.9. The van der Waals surface area contributed by atoms with Crippen LogP contribution in [0.4, 0.5) is 0 Å². The van der Waals surface area contributed by atoms with Crippen LogP contribution >= 0.6 is 0 Å². The van der Waals surface area contributed by atoms with Gasteiger partial charge in [-0.05, 0) is 141 Å². The number of ether oxygens (including phenoxy) is 4. The zero-order valence-electron chi connectivity index (χ0n) is 52.2. The summed E-state index contributed by atoms with van der Waals surface area (Å²) < 4.78 is 22.7. The van der Waals surface area contributed by atoms with Gasteiger partial charge in [0.25, 0.3) is 6.29 Å². The van der Waals surface area contributed by atoms with E-state index in [-0.39, 0.29) is 32.7 Å². The van der Waals surface area contributed by atoms with Crippen molar-refractivity contribution in [2.75, 3.05) is 47.5 Å².